The number of aromatic nitrogens is 3. The van der Waals surface area contributed by atoms with E-state index < -0.39 is 6.55 Å². The lowest BCUT2D eigenvalue weighted by Crippen LogP contribution is -2.40. The third-order valence-electron chi connectivity index (χ3n) is 3.78. The van der Waals surface area contributed by atoms with E-state index in [0.29, 0.717) is 23.7 Å². The number of carbonyl (C=O) groups is 1. The van der Waals surface area contributed by atoms with Crippen molar-refractivity contribution in [1.82, 2.24) is 19.7 Å². The van der Waals surface area contributed by atoms with Gasteiger partial charge >= 0.3 is 6.55 Å². The molecule has 0 aliphatic carbocycles. The third-order valence-corrected chi connectivity index (χ3v) is 4.58. The van der Waals surface area contributed by atoms with Gasteiger partial charge in [0.1, 0.15) is 0 Å². The van der Waals surface area contributed by atoms with Gasteiger partial charge in [-0.05, 0) is 24.8 Å². The van der Waals surface area contributed by atoms with Crippen LogP contribution in [0.4, 0.5) is 8.78 Å². The van der Waals surface area contributed by atoms with Gasteiger partial charge in [0.2, 0.25) is 0 Å². The van der Waals surface area contributed by atoms with Gasteiger partial charge in [-0.25, -0.2) is 9.67 Å². The number of hydrogen-bond donors (Lipinski definition) is 0. The minimum Gasteiger partial charge on any atom is -0.337 e. The van der Waals surface area contributed by atoms with Gasteiger partial charge in [-0.15, -0.1) is 11.3 Å². The van der Waals surface area contributed by atoms with Crippen molar-refractivity contribution in [1.29, 1.82) is 0 Å². The van der Waals surface area contributed by atoms with Crippen molar-refractivity contribution in [2.45, 2.75) is 25.8 Å². The molecule has 1 saturated heterocycles. The van der Waals surface area contributed by atoms with E-state index in [4.69, 9.17) is 0 Å². The van der Waals surface area contributed by atoms with Crippen LogP contribution in [-0.2, 0) is 6.42 Å². The predicted molar refractivity (Wildman–Crippen MR) is 77.9 cm³/mol. The second-order valence-corrected chi connectivity index (χ2v) is 6.33. The third kappa shape index (κ3) is 3.32. The molecule has 0 N–H and O–H groups in total. The molecule has 0 bridgehead atoms. The Labute approximate surface area is 130 Å². The number of alkyl halides is 2. The van der Waals surface area contributed by atoms with Gasteiger partial charge in [-0.3, -0.25) is 4.79 Å². The maximum atomic E-state index is 12.5. The van der Waals surface area contributed by atoms with Gasteiger partial charge < -0.3 is 4.90 Å². The SMILES string of the molecule is O=C(c1ccn(C(F)F)n1)N1CCC[C@H](Cc2nccs2)C1. The van der Waals surface area contributed by atoms with Gasteiger partial charge in [-0.1, -0.05) is 0 Å². The van der Waals surface area contributed by atoms with Crippen LogP contribution in [0.3, 0.4) is 0 Å². The summed E-state index contributed by atoms with van der Waals surface area (Å²) in [6, 6.07) is 1.35. The van der Waals surface area contributed by atoms with Gasteiger partial charge in [-0.2, -0.15) is 13.9 Å². The fraction of sp³-hybridized carbons (Fsp3) is 0.500. The molecule has 2 aromatic heterocycles. The van der Waals surface area contributed by atoms with Crippen LogP contribution in [0, 0.1) is 5.92 Å². The van der Waals surface area contributed by atoms with E-state index in [2.05, 4.69) is 10.1 Å². The molecule has 3 rings (SSSR count). The molecular weight excluding hydrogens is 310 g/mol. The predicted octanol–water partition coefficient (Wildman–Crippen LogP) is 2.83. The largest absolute Gasteiger partial charge is 0.337 e. The van der Waals surface area contributed by atoms with Crippen molar-refractivity contribution in [3.05, 3.63) is 34.5 Å². The Balaban J connectivity index is 1.64. The Bertz CT molecular complexity index is 629. The first-order valence-corrected chi connectivity index (χ1v) is 8.02. The lowest BCUT2D eigenvalue weighted by atomic mass is 9.95. The molecule has 1 amide bonds. The van der Waals surface area contributed by atoms with Crippen molar-refractivity contribution in [3.8, 4) is 0 Å². The zero-order valence-electron chi connectivity index (χ0n) is 11.9. The smallest absolute Gasteiger partial charge is 0.333 e. The maximum absolute atomic E-state index is 12.5. The van der Waals surface area contributed by atoms with E-state index >= 15 is 0 Å². The Kier molecular flexibility index (Phi) is 4.47. The molecule has 2 aromatic rings. The number of piperidine rings is 1. The number of nitrogens with zero attached hydrogens (tertiary/aromatic N) is 4. The average Bonchev–Trinajstić information content (AvgIpc) is 3.18. The molecule has 5 nitrogen and oxygen atoms in total. The lowest BCUT2D eigenvalue weighted by molar-refractivity contribution is 0.0542. The highest BCUT2D eigenvalue weighted by molar-refractivity contribution is 7.09. The standard InChI is InChI=1S/C14H16F2N4OS/c15-14(16)20-6-3-11(18-20)13(21)19-5-1-2-10(9-19)8-12-17-4-7-22-12/h3-4,6-7,10,14H,1-2,5,8-9H2/t10-/m1/s1. The molecule has 1 aliphatic rings. The molecule has 1 aliphatic heterocycles. The van der Waals surface area contributed by atoms with Crippen LogP contribution in [0.15, 0.2) is 23.8 Å². The highest BCUT2D eigenvalue weighted by Crippen LogP contribution is 2.23. The molecule has 1 atom stereocenters. The number of carbonyl (C=O) groups excluding carboxylic acids is 1. The molecule has 3 heterocycles. The summed E-state index contributed by atoms with van der Waals surface area (Å²) in [5, 5.41) is 6.66. The summed E-state index contributed by atoms with van der Waals surface area (Å²) in [7, 11) is 0. The zero-order valence-corrected chi connectivity index (χ0v) is 12.7. The molecule has 0 saturated carbocycles. The molecule has 0 unspecified atom stereocenters. The monoisotopic (exact) mass is 326 g/mol. The van der Waals surface area contributed by atoms with Crippen LogP contribution in [0.25, 0.3) is 0 Å². The normalized spacial score (nSPS) is 18.9. The van der Waals surface area contributed by atoms with E-state index in [1.54, 1.807) is 22.4 Å². The Morgan fingerprint density at radius 1 is 1.50 bits per heavy atom. The maximum Gasteiger partial charge on any atom is 0.333 e. The van der Waals surface area contributed by atoms with Gasteiger partial charge in [0.05, 0.1) is 5.01 Å². The number of hydrogen-bond acceptors (Lipinski definition) is 4. The number of amides is 1. The summed E-state index contributed by atoms with van der Waals surface area (Å²) in [4.78, 5) is 18.4. The highest BCUT2D eigenvalue weighted by atomic mass is 32.1. The zero-order chi connectivity index (χ0) is 15.5. The van der Waals surface area contributed by atoms with Crippen LogP contribution in [0.2, 0.25) is 0 Å². The van der Waals surface area contributed by atoms with Crippen molar-refractivity contribution in [2.24, 2.45) is 5.92 Å². The van der Waals surface area contributed by atoms with Crippen molar-refractivity contribution >= 4 is 17.2 Å². The molecule has 0 spiro atoms. The van der Waals surface area contributed by atoms with E-state index in [1.807, 2.05) is 5.38 Å². The summed E-state index contributed by atoms with van der Waals surface area (Å²) >= 11 is 1.62. The van der Waals surface area contributed by atoms with Gasteiger partial charge in [0.25, 0.3) is 5.91 Å². The first-order valence-electron chi connectivity index (χ1n) is 7.14. The topological polar surface area (TPSA) is 51.0 Å². The molecule has 1 fully saturated rings. The summed E-state index contributed by atoms with van der Waals surface area (Å²) in [5.41, 5.74) is 0.0789. The minimum atomic E-state index is -2.72. The average molecular weight is 326 g/mol. The van der Waals surface area contributed by atoms with Crippen molar-refractivity contribution in [3.63, 3.8) is 0 Å². The summed E-state index contributed by atoms with van der Waals surface area (Å²) in [5.74, 6) is 0.0873. The first-order chi connectivity index (χ1) is 10.6. The fourth-order valence-corrected chi connectivity index (χ4v) is 3.47. The molecule has 0 aromatic carbocycles. The molecule has 22 heavy (non-hydrogen) atoms. The summed E-state index contributed by atoms with van der Waals surface area (Å²) in [6.45, 7) is -1.45. The van der Waals surface area contributed by atoms with Crippen LogP contribution in [-0.4, -0.2) is 38.7 Å². The highest BCUT2D eigenvalue weighted by Gasteiger charge is 2.26. The number of thiazole rings is 1. The summed E-state index contributed by atoms with van der Waals surface area (Å²) in [6.07, 6.45) is 5.73. The summed E-state index contributed by atoms with van der Waals surface area (Å²) < 4.78 is 25.6. The molecule has 118 valence electrons. The van der Waals surface area contributed by atoms with Crippen LogP contribution < -0.4 is 0 Å². The van der Waals surface area contributed by atoms with E-state index in [9.17, 15) is 13.6 Å². The van der Waals surface area contributed by atoms with Crippen LogP contribution >= 0.6 is 11.3 Å². The Morgan fingerprint density at radius 3 is 3.05 bits per heavy atom. The quantitative estimate of drug-likeness (QED) is 0.868. The lowest BCUT2D eigenvalue weighted by Gasteiger charge is -2.32. The number of rotatable bonds is 4. The fourth-order valence-electron chi connectivity index (χ4n) is 2.74. The Morgan fingerprint density at radius 2 is 2.36 bits per heavy atom. The van der Waals surface area contributed by atoms with E-state index in [0.717, 1.165) is 30.5 Å². The van der Waals surface area contributed by atoms with Gasteiger partial charge in [0.15, 0.2) is 5.69 Å². The molecule has 0 radical (unpaired) electrons. The first kappa shape index (κ1) is 15.1. The van der Waals surface area contributed by atoms with E-state index in [-0.39, 0.29) is 11.6 Å². The second-order valence-electron chi connectivity index (χ2n) is 5.35. The number of halogens is 2. The van der Waals surface area contributed by atoms with Crippen LogP contribution in [0.1, 0.15) is 34.9 Å². The molecular formula is C14H16F2N4OS. The van der Waals surface area contributed by atoms with Crippen LogP contribution in [0.5, 0.6) is 0 Å². The number of likely N-dealkylation sites (tertiary alicyclic amines) is 1. The van der Waals surface area contributed by atoms with Crippen molar-refractivity contribution < 1.29 is 13.6 Å². The van der Waals surface area contributed by atoms with E-state index in [1.165, 1.54) is 6.07 Å². The van der Waals surface area contributed by atoms with Crippen molar-refractivity contribution in [2.75, 3.05) is 13.1 Å². The molecule has 8 heteroatoms. The minimum absolute atomic E-state index is 0.0789. The second kappa shape index (κ2) is 6.51. The Hall–Kier alpha value is -1.83. The van der Waals surface area contributed by atoms with Gasteiger partial charge in [0, 0.05) is 37.3 Å².